The lowest BCUT2D eigenvalue weighted by Gasteiger charge is -2.26. The molecule has 1 saturated carbocycles. The van der Waals surface area contributed by atoms with Crippen LogP contribution in [0.4, 0.5) is 0 Å². The van der Waals surface area contributed by atoms with Gasteiger partial charge in [0.2, 0.25) is 0 Å². The third kappa shape index (κ3) is 2.97. The van der Waals surface area contributed by atoms with Gasteiger partial charge in [-0.05, 0) is 32.4 Å². The van der Waals surface area contributed by atoms with Crippen molar-refractivity contribution in [1.29, 1.82) is 0 Å². The first-order chi connectivity index (χ1) is 10.7. The predicted octanol–water partition coefficient (Wildman–Crippen LogP) is 1.85. The maximum atomic E-state index is 12.3. The molecule has 1 aliphatic carbocycles. The monoisotopic (exact) mass is 301 g/mol. The topological polar surface area (TPSA) is 62.5 Å². The minimum Gasteiger partial charge on any atom is -0.349 e. The van der Waals surface area contributed by atoms with E-state index in [-0.39, 0.29) is 5.91 Å². The highest BCUT2D eigenvalue weighted by Crippen LogP contribution is 2.19. The normalized spacial score (nSPS) is 15.2. The second kappa shape index (κ2) is 6.44. The third-order valence-corrected chi connectivity index (χ3v) is 4.40. The van der Waals surface area contributed by atoms with Crippen molar-refractivity contribution in [3.63, 3.8) is 0 Å². The number of carbonyl (C=O) groups excluding carboxylic acids is 1. The molecule has 118 valence electrons. The molecular formula is C16H23N5O. The molecule has 2 aromatic heterocycles. The van der Waals surface area contributed by atoms with Gasteiger partial charge in [0.15, 0.2) is 5.65 Å². The van der Waals surface area contributed by atoms with E-state index in [9.17, 15) is 4.79 Å². The first-order valence-corrected chi connectivity index (χ1v) is 8.06. The molecule has 0 saturated heterocycles. The van der Waals surface area contributed by atoms with Gasteiger partial charge in [0.1, 0.15) is 5.56 Å². The van der Waals surface area contributed by atoms with E-state index in [0.29, 0.717) is 17.3 Å². The van der Waals surface area contributed by atoms with Crippen molar-refractivity contribution >= 4 is 11.6 Å². The van der Waals surface area contributed by atoms with E-state index in [2.05, 4.69) is 34.1 Å². The zero-order valence-corrected chi connectivity index (χ0v) is 13.2. The number of fused-ring (bicyclic) bond motifs is 1. The number of hydrogen-bond acceptors (Lipinski definition) is 4. The van der Waals surface area contributed by atoms with Crippen LogP contribution in [-0.4, -0.2) is 44.5 Å². The van der Waals surface area contributed by atoms with Crippen molar-refractivity contribution in [1.82, 2.24) is 24.8 Å². The summed E-state index contributed by atoms with van der Waals surface area (Å²) in [5.74, 6) is -0.0660. The highest BCUT2D eigenvalue weighted by molar-refractivity contribution is 5.99. The van der Waals surface area contributed by atoms with Crippen LogP contribution in [-0.2, 0) is 6.54 Å². The summed E-state index contributed by atoms with van der Waals surface area (Å²) in [6.45, 7) is 7.14. The molecule has 22 heavy (non-hydrogen) atoms. The summed E-state index contributed by atoms with van der Waals surface area (Å²) in [4.78, 5) is 19.0. The summed E-state index contributed by atoms with van der Waals surface area (Å²) < 4.78 is 1.70. The van der Waals surface area contributed by atoms with E-state index >= 15 is 0 Å². The fourth-order valence-corrected chi connectivity index (χ4v) is 2.68. The molecule has 1 fully saturated rings. The van der Waals surface area contributed by atoms with Crippen molar-refractivity contribution in [3.05, 3.63) is 29.7 Å². The summed E-state index contributed by atoms with van der Waals surface area (Å²) in [7, 11) is 0. The predicted molar refractivity (Wildman–Crippen MR) is 84.7 cm³/mol. The molecule has 1 aliphatic rings. The van der Waals surface area contributed by atoms with Crippen molar-refractivity contribution in [2.75, 3.05) is 13.1 Å². The summed E-state index contributed by atoms with van der Waals surface area (Å²) in [6, 6.07) is 0.324. The van der Waals surface area contributed by atoms with E-state index in [1.807, 2.05) is 12.4 Å². The Balaban J connectivity index is 1.78. The average Bonchev–Trinajstić information content (AvgIpc) is 2.91. The van der Waals surface area contributed by atoms with Gasteiger partial charge in [-0.2, -0.15) is 5.10 Å². The zero-order valence-electron chi connectivity index (χ0n) is 13.2. The molecule has 0 spiro atoms. The molecule has 3 rings (SSSR count). The average molecular weight is 301 g/mol. The van der Waals surface area contributed by atoms with Crippen molar-refractivity contribution < 1.29 is 4.79 Å². The fourth-order valence-electron chi connectivity index (χ4n) is 2.68. The highest BCUT2D eigenvalue weighted by atomic mass is 16.1. The Morgan fingerprint density at radius 1 is 1.36 bits per heavy atom. The van der Waals surface area contributed by atoms with E-state index in [1.165, 1.54) is 6.42 Å². The molecule has 2 aromatic rings. The number of hydrogen-bond donors (Lipinski definition) is 1. The van der Waals surface area contributed by atoms with Crippen molar-refractivity contribution in [3.8, 4) is 0 Å². The number of amides is 1. The van der Waals surface area contributed by atoms with Gasteiger partial charge in [-0.25, -0.2) is 9.50 Å². The van der Waals surface area contributed by atoms with E-state index < -0.39 is 0 Å². The summed E-state index contributed by atoms with van der Waals surface area (Å²) >= 11 is 0. The van der Waals surface area contributed by atoms with Crippen molar-refractivity contribution in [2.45, 2.75) is 45.7 Å². The Kier molecular flexibility index (Phi) is 4.38. The number of rotatable bonds is 6. The number of nitrogens with zero attached hydrogens (tertiary/aromatic N) is 4. The van der Waals surface area contributed by atoms with Crippen LogP contribution in [0.1, 0.15) is 49.0 Å². The van der Waals surface area contributed by atoms with Crippen LogP contribution in [0, 0.1) is 0 Å². The molecule has 1 amide bonds. The van der Waals surface area contributed by atoms with Crippen LogP contribution >= 0.6 is 0 Å². The van der Waals surface area contributed by atoms with Crippen LogP contribution < -0.4 is 5.32 Å². The Morgan fingerprint density at radius 3 is 2.77 bits per heavy atom. The Labute approximate surface area is 130 Å². The van der Waals surface area contributed by atoms with Gasteiger partial charge in [-0.1, -0.05) is 13.8 Å². The molecule has 0 aliphatic heterocycles. The molecule has 0 unspecified atom stereocenters. The molecule has 0 bridgehead atoms. The molecular weight excluding hydrogens is 278 g/mol. The summed E-state index contributed by atoms with van der Waals surface area (Å²) in [5, 5.41) is 7.32. The van der Waals surface area contributed by atoms with Crippen LogP contribution in [0.2, 0.25) is 0 Å². The molecule has 2 heterocycles. The first kappa shape index (κ1) is 15.0. The molecule has 6 nitrogen and oxygen atoms in total. The number of aromatic nitrogens is 3. The van der Waals surface area contributed by atoms with E-state index in [1.54, 1.807) is 10.7 Å². The van der Waals surface area contributed by atoms with Crippen LogP contribution in [0.25, 0.3) is 5.65 Å². The minimum absolute atomic E-state index is 0.0660. The quantitative estimate of drug-likeness (QED) is 0.884. The van der Waals surface area contributed by atoms with Gasteiger partial charge in [0, 0.05) is 30.5 Å². The second-order valence-electron chi connectivity index (χ2n) is 5.85. The minimum atomic E-state index is -0.0660. The summed E-state index contributed by atoms with van der Waals surface area (Å²) in [5.41, 5.74) is 2.28. The maximum Gasteiger partial charge on any atom is 0.256 e. The Morgan fingerprint density at radius 2 is 2.14 bits per heavy atom. The van der Waals surface area contributed by atoms with E-state index in [4.69, 9.17) is 0 Å². The molecule has 0 aromatic carbocycles. The van der Waals surface area contributed by atoms with E-state index in [0.717, 1.165) is 38.0 Å². The smallest absolute Gasteiger partial charge is 0.256 e. The third-order valence-electron chi connectivity index (χ3n) is 4.40. The van der Waals surface area contributed by atoms with Crippen molar-refractivity contribution in [2.24, 2.45) is 0 Å². The first-order valence-electron chi connectivity index (χ1n) is 8.06. The highest BCUT2D eigenvalue weighted by Gasteiger charge is 2.22. The van der Waals surface area contributed by atoms with Crippen LogP contribution in [0.5, 0.6) is 0 Å². The van der Waals surface area contributed by atoms with Crippen LogP contribution in [0.15, 0.2) is 18.6 Å². The van der Waals surface area contributed by atoms with Gasteiger partial charge >= 0.3 is 0 Å². The lowest BCUT2D eigenvalue weighted by molar-refractivity contribution is 0.0918. The Hall–Kier alpha value is -1.95. The zero-order chi connectivity index (χ0) is 15.5. The largest absolute Gasteiger partial charge is 0.349 e. The molecule has 0 atom stereocenters. The van der Waals surface area contributed by atoms with Gasteiger partial charge in [0.25, 0.3) is 5.91 Å². The summed E-state index contributed by atoms with van der Waals surface area (Å²) in [6.07, 6.45) is 8.76. The van der Waals surface area contributed by atoms with Crippen LogP contribution in [0.3, 0.4) is 0 Å². The lowest BCUT2D eigenvalue weighted by Crippen LogP contribution is -2.39. The number of nitrogens with one attached hydrogen (secondary N) is 1. The lowest BCUT2D eigenvalue weighted by atomic mass is 9.93. The van der Waals surface area contributed by atoms with Gasteiger partial charge < -0.3 is 5.32 Å². The van der Waals surface area contributed by atoms with Gasteiger partial charge in [0.05, 0.1) is 6.20 Å². The molecule has 6 heteroatoms. The number of carbonyl (C=O) groups is 1. The fraction of sp³-hybridized carbons (Fsp3) is 0.562. The van der Waals surface area contributed by atoms with Gasteiger partial charge in [-0.3, -0.25) is 9.69 Å². The standard InChI is InChI=1S/C16H23N5O/c1-3-20(4-2)10-12-8-17-15-14(9-18-21(15)11-12)16(22)19-13-6-5-7-13/h8-9,11,13H,3-7,10H2,1-2H3,(H,19,22). The maximum absolute atomic E-state index is 12.3. The SMILES string of the molecule is CCN(CC)Cc1cnc2c(C(=O)NC3CCC3)cnn2c1. The molecule has 0 radical (unpaired) electrons. The second-order valence-corrected chi connectivity index (χ2v) is 5.85. The van der Waals surface area contributed by atoms with Gasteiger partial charge in [-0.15, -0.1) is 0 Å². The molecule has 1 N–H and O–H groups in total. The Bertz CT molecular complexity index is 658.